The Morgan fingerprint density at radius 1 is 0.919 bits per heavy atom. The molecule has 7 heteroatoms. The number of ether oxygens (including phenoxy) is 1. The SMILES string of the molecule is COc1cccc(CN(C(=O)Cc2ccc(Cl)c(Cl)c2)C(Cc2ccccc2)C(=O)NC2CCCC2)c1. The Bertz CT molecular complexity index is 1210. The standard InChI is InChI=1S/C30H32Cl2N2O3/c1-37-25-13-7-10-23(16-25)20-34(29(35)19-22-14-15-26(31)27(32)17-22)28(18-21-8-3-2-4-9-21)30(36)33-24-11-5-6-12-24/h2-4,7-10,13-17,24,28H,5-6,11-12,18-20H2,1H3,(H,33,36). The van der Waals surface area contributed by atoms with E-state index in [2.05, 4.69) is 5.32 Å². The Labute approximate surface area is 228 Å². The van der Waals surface area contributed by atoms with Crippen molar-refractivity contribution in [2.45, 2.75) is 57.2 Å². The molecule has 1 saturated carbocycles. The number of methoxy groups -OCH3 is 1. The molecule has 2 amide bonds. The second kappa shape index (κ2) is 13.0. The van der Waals surface area contributed by atoms with Crippen molar-refractivity contribution in [1.29, 1.82) is 0 Å². The molecule has 1 unspecified atom stereocenters. The van der Waals surface area contributed by atoms with Gasteiger partial charge in [-0.1, -0.05) is 84.6 Å². The minimum atomic E-state index is -0.676. The van der Waals surface area contributed by atoms with Crippen molar-refractivity contribution >= 4 is 35.0 Å². The smallest absolute Gasteiger partial charge is 0.243 e. The van der Waals surface area contributed by atoms with Gasteiger partial charge in [-0.3, -0.25) is 9.59 Å². The fourth-order valence-corrected chi connectivity index (χ4v) is 5.14. The van der Waals surface area contributed by atoms with E-state index in [1.54, 1.807) is 30.2 Å². The fraction of sp³-hybridized carbons (Fsp3) is 0.333. The molecule has 1 N–H and O–H groups in total. The third kappa shape index (κ3) is 7.50. The number of hydrogen-bond donors (Lipinski definition) is 1. The lowest BCUT2D eigenvalue weighted by Crippen LogP contribution is -2.52. The highest BCUT2D eigenvalue weighted by molar-refractivity contribution is 6.42. The summed E-state index contributed by atoms with van der Waals surface area (Å²) in [4.78, 5) is 29.3. The van der Waals surface area contributed by atoms with E-state index in [0.717, 1.165) is 42.4 Å². The molecule has 37 heavy (non-hydrogen) atoms. The quantitative estimate of drug-likeness (QED) is 0.332. The number of halogens is 2. The zero-order valence-electron chi connectivity index (χ0n) is 21.0. The summed E-state index contributed by atoms with van der Waals surface area (Å²) in [6, 6.07) is 22.1. The first kappa shape index (κ1) is 27.0. The number of rotatable bonds is 10. The van der Waals surface area contributed by atoms with Crippen LogP contribution in [0.15, 0.2) is 72.8 Å². The molecule has 1 aliphatic carbocycles. The highest BCUT2D eigenvalue weighted by Gasteiger charge is 2.32. The molecule has 0 heterocycles. The largest absolute Gasteiger partial charge is 0.497 e. The maximum absolute atomic E-state index is 13.9. The molecule has 3 aromatic rings. The zero-order valence-corrected chi connectivity index (χ0v) is 22.5. The van der Waals surface area contributed by atoms with Crippen LogP contribution in [0.3, 0.4) is 0 Å². The van der Waals surface area contributed by atoms with Crippen molar-refractivity contribution in [3.05, 3.63) is 99.5 Å². The van der Waals surface area contributed by atoms with Gasteiger partial charge in [0.05, 0.1) is 23.6 Å². The van der Waals surface area contributed by atoms with E-state index >= 15 is 0 Å². The third-order valence-corrected chi connectivity index (χ3v) is 7.54. The Balaban J connectivity index is 1.67. The van der Waals surface area contributed by atoms with Gasteiger partial charge in [0.25, 0.3) is 0 Å². The van der Waals surface area contributed by atoms with Crippen molar-refractivity contribution in [3.8, 4) is 5.75 Å². The molecule has 0 spiro atoms. The van der Waals surface area contributed by atoms with Crippen LogP contribution in [-0.2, 0) is 29.0 Å². The number of carbonyl (C=O) groups is 2. The summed E-state index contributed by atoms with van der Waals surface area (Å²) in [6.45, 7) is 0.271. The van der Waals surface area contributed by atoms with Crippen molar-refractivity contribution in [2.75, 3.05) is 7.11 Å². The van der Waals surface area contributed by atoms with Gasteiger partial charge in [-0.2, -0.15) is 0 Å². The first-order chi connectivity index (χ1) is 17.9. The summed E-state index contributed by atoms with van der Waals surface area (Å²) < 4.78 is 5.40. The number of carbonyl (C=O) groups excluding carboxylic acids is 2. The van der Waals surface area contributed by atoms with Gasteiger partial charge in [0.1, 0.15) is 11.8 Å². The molecule has 4 rings (SSSR count). The van der Waals surface area contributed by atoms with Gasteiger partial charge in [-0.15, -0.1) is 0 Å². The fourth-order valence-electron chi connectivity index (χ4n) is 4.81. The van der Waals surface area contributed by atoms with E-state index in [-0.39, 0.29) is 30.8 Å². The van der Waals surface area contributed by atoms with E-state index in [0.29, 0.717) is 22.2 Å². The van der Waals surface area contributed by atoms with E-state index < -0.39 is 6.04 Å². The normalized spacial score (nSPS) is 14.2. The topological polar surface area (TPSA) is 58.6 Å². The summed E-state index contributed by atoms with van der Waals surface area (Å²) in [6.07, 6.45) is 4.67. The number of nitrogens with zero attached hydrogens (tertiary/aromatic N) is 1. The molecule has 0 aliphatic heterocycles. The average Bonchev–Trinajstić information content (AvgIpc) is 3.42. The minimum absolute atomic E-state index is 0.100. The van der Waals surface area contributed by atoms with Gasteiger partial charge < -0.3 is 15.0 Å². The molecule has 0 aromatic heterocycles. The predicted octanol–water partition coefficient (Wildman–Crippen LogP) is 6.24. The van der Waals surface area contributed by atoms with Gasteiger partial charge >= 0.3 is 0 Å². The zero-order chi connectivity index (χ0) is 26.2. The summed E-state index contributed by atoms with van der Waals surface area (Å²) in [5.74, 6) is 0.411. The van der Waals surface area contributed by atoms with Crippen LogP contribution in [0.2, 0.25) is 10.0 Å². The number of amides is 2. The van der Waals surface area contributed by atoms with Gasteiger partial charge in [-0.05, 0) is 53.8 Å². The maximum atomic E-state index is 13.9. The number of benzene rings is 3. The van der Waals surface area contributed by atoms with Gasteiger partial charge in [0, 0.05) is 19.0 Å². The van der Waals surface area contributed by atoms with E-state index in [1.165, 1.54) is 0 Å². The average molecular weight is 540 g/mol. The number of hydrogen-bond acceptors (Lipinski definition) is 3. The molecule has 1 aliphatic rings. The van der Waals surface area contributed by atoms with Crippen LogP contribution in [0.1, 0.15) is 42.4 Å². The maximum Gasteiger partial charge on any atom is 0.243 e. The van der Waals surface area contributed by atoms with Crippen LogP contribution in [0.25, 0.3) is 0 Å². The lowest BCUT2D eigenvalue weighted by Gasteiger charge is -2.32. The molecule has 0 radical (unpaired) electrons. The van der Waals surface area contributed by atoms with Crippen LogP contribution in [0, 0.1) is 0 Å². The molecule has 1 atom stereocenters. The van der Waals surface area contributed by atoms with Crippen LogP contribution < -0.4 is 10.1 Å². The molecule has 0 bridgehead atoms. The lowest BCUT2D eigenvalue weighted by molar-refractivity contribution is -0.141. The van der Waals surface area contributed by atoms with E-state index in [4.69, 9.17) is 27.9 Å². The molecular formula is C30H32Cl2N2O3. The number of nitrogens with one attached hydrogen (secondary N) is 1. The molecule has 1 fully saturated rings. The summed E-state index contributed by atoms with van der Waals surface area (Å²) in [5, 5.41) is 4.06. The van der Waals surface area contributed by atoms with Crippen molar-refractivity contribution in [3.63, 3.8) is 0 Å². The third-order valence-electron chi connectivity index (χ3n) is 6.80. The summed E-state index contributed by atoms with van der Waals surface area (Å²) >= 11 is 12.3. The second-order valence-corrected chi connectivity index (χ2v) is 10.3. The summed E-state index contributed by atoms with van der Waals surface area (Å²) in [7, 11) is 1.61. The molecule has 5 nitrogen and oxygen atoms in total. The van der Waals surface area contributed by atoms with Crippen LogP contribution in [0.5, 0.6) is 5.75 Å². The Hall–Kier alpha value is -3.02. The highest BCUT2D eigenvalue weighted by Crippen LogP contribution is 2.25. The van der Waals surface area contributed by atoms with E-state index in [1.807, 2.05) is 54.6 Å². The monoisotopic (exact) mass is 538 g/mol. The lowest BCUT2D eigenvalue weighted by atomic mass is 10.0. The van der Waals surface area contributed by atoms with E-state index in [9.17, 15) is 9.59 Å². The van der Waals surface area contributed by atoms with Crippen molar-refractivity contribution in [1.82, 2.24) is 10.2 Å². The molecular weight excluding hydrogens is 507 g/mol. The van der Waals surface area contributed by atoms with Crippen molar-refractivity contribution in [2.24, 2.45) is 0 Å². The Kier molecular flexibility index (Phi) is 9.48. The Morgan fingerprint density at radius 3 is 2.35 bits per heavy atom. The highest BCUT2D eigenvalue weighted by atomic mass is 35.5. The van der Waals surface area contributed by atoms with Crippen LogP contribution >= 0.6 is 23.2 Å². The van der Waals surface area contributed by atoms with Crippen LogP contribution in [0.4, 0.5) is 0 Å². The first-order valence-electron chi connectivity index (χ1n) is 12.6. The van der Waals surface area contributed by atoms with Gasteiger partial charge in [0.2, 0.25) is 11.8 Å². The second-order valence-electron chi connectivity index (χ2n) is 9.49. The molecule has 0 saturated heterocycles. The molecule has 194 valence electrons. The van der Waals surface area contributed by atoms with Crippen molar-refractivity contribution < 1.29 is 14.3 Å². The van der Waals surface area contributed by atoms with Gasteiger partial charge in [0.15, 0.2) is 0 Å². The Morgan fingerprint density at radius 2 is 1.65 bits per heavy atom. The molecule has 3 aromatic carbocycles. The van der Waals surface area contributed by atoms with Gasteiger partial charge in [-0.25, -0.2) is 0 Å². The van der Waals surface area contributed by atoms with Crippen LogP contribution in [-0.4, -0.2) is 35.9 Å². The minimum Gasteiger partial charge on any atom is -0.497 e. The predicted molar refractivity (Wildman–Crippen MR) is 148 cm³/mol. The summed E-state index contributed by atoms with van der Waals surface area (Å²) in [5.41, 5.74) is 2.62. The first-order valence-corrected chi connectivity index (χ1v) is 13.4.